The normalized spacial score (nSPS) is 7.58. The van der Waals surface area contributed by atoms with Crippen LogP contribution in [-0.2, 0) is 9.53 Å². The van der Waals surface area contributed by atoms with Gasteiger partial charge in [0.25, 0.3) is 0 Å². The Balaban J connectivity index is -0.000000177. The van der Waals surface area contributed by atoms with E-state index in [4.69, 9.17) is 5.11 Å². The number of carboxylic acid groups (broad SMARTS) is 1. The van der Waals surface area contributed by atoms with E-state index in [1.165, 1.54) is 0 Å². The molecule has 0 fully saturated rings. The summed E-state index contributed by atoms with van der Waals surface area (Å²) in [6.07, 6.45) is 1.87. The molecule has 1 N–H and O–H groups in total. The van der Waals surface area contributed by atoms with E-state index in [2.05, 4.69) is 11.7 Å². The molecule has 0 aromatic carbocycles. The number of hydrogen-bond donors (Lipinski definition) is 1. The second-order valence-electron chi connectivity index (χ2n) is 1.95. The molecule has 12 heavy (non-hydrogen) atoms. The van der Waals surface area contributed by atoms with E-state index in [1.807, 2.05) is 13.8 Å². The van der Waals surface area contributed by atoms with Crippen molar-refractivity contribution >= 4 is 5.97 Å². The molecule has 4 heteroatoms. The van der Waals surface area contributed by atoms with Crippen LogP contribution in [-0.4, -0.2) is 24.3 Å². The van der Waals surface area contributed by atoms with Crippen LogP contribution in [0.3, 0.4) is 0 Å². The third-order valence-electron chi connectivity index (χ3n) is 0.574. The number of carboxylic acids is 1. The largest absolute Gasteiger partial charge is 1.00 e. The Morgan fingerprint density at radius 3 is 2.17 bits per heavy atom. The molecule has 0 atom stereocenters. The molecule has 0 aromatic heterocycles. The average molecular weight is 168 g/mol. The quantitative estimate of drug-likeness (QED) is 0.323. The van der Waals surface area contributed by atoms with Gasteiger partial charge < -0.3 is 16.8 Å². The first-order valence-electron chi connectivity index (χ1n) is 3.77. The summed E-state index contributed by atoms with van der Waals surface area (Å²) in [5.41, 5.74) is 0. The van der Waals surface area contributed by atoms with E-state index in [0.717, 1.165) is 12.8 Å². The third-order valence-corrected chi connectivity index (χ3v) is 0.574. The van der Waals surface area contributed by atoms with Crippen molar-refractivity contribution in [3.8, 4) is 0 Å². The minimum Gasteiger partial charge on any atom is -0.480 e. The van der Waals surface area contributed by atoms with Crippen molar-refractivity contribution in [2.45, 2.75) is 26.7 Å². The number of carbonyl (C=O) groups is 1. The van der Waals surface area contributed by atoms with Crippen LogP contribution in [0, 0.1) is 6.92 Å². The monoisotopic (exact) mass is 168 g/mol. The summed E-state index contributed by atoms with van der Waals surface area (Å²) in [7, 11) is 0. The average Bonchev–Trinajstić information content (AvgIpc) is 1.89. The van der Waals surface area contributed by atoms with Crippen molar-refractivity contribution in [2.75, 3.05) is 13.2 Å². The molecule has 0 bridgehead atoms. The first kappa shape index (κ1) is 17.9. The third kappa shape index (κ3) is 32.3. The van der Waals surface area contributed by atoms with Gasteiger partial charge >= 0.3 is 24.8 Å². The second kappa shape index (κ2) is 17.2. The molecule has 0 spiro atoms. The van der Waals surface area contributed by atoms with Gasteiger partial charge in [0, 0.05) is 6.61 Å². The van der Waals surface area contributed by atoms with E-state index >= 15 is 0 Å². The Bertz CT molecular complexity index is 86.4. The van der Waals surface area contributed by atoms with Crippen molar-refractivity contribution in [3.05, 3.63) is 6.92 Å². The van der Waals surface area contributed by atoms with Crippen molar-refractivity contribution in [3.63, 3.8) is 0 Å². The van der Waals surface area contributed by atoms with Crippen LogP contribution >= 0.6 is 0 Å². The number of rotatable bonds is 4. The van der Waals surface area contributed by atoms with E-state index in [-0.39, 0.29) is 25.5 Å². The van der Waals surface area contributed by atoms with Gasteiger partial charge in [-0.1, -0.05) is 13.8 Å². The van der Waals surface area contributed by atoms with Gasteiger partial charge in [-0.3, -0.25) is 0 Å². The summed E-state index contributed by atoms with van der Waals surface area (Å²) in [5, 5.41) is 8.02. The van der Waals surface area contributed by atoms with Crippen LogP contribution in [0.25, 0.3) is 0 Å². The first-order chi connectivity index (χ1) is 5.18. The second-order valence-corrected chi connectivity index (χ2v) is 1.95. The predicted molar refractivity (Wildman–Crippen MR) is 44.4 cm³/mol. The summed E-state index contributed by atoms with van der Waals surface area (Å²) in [5.74, 6) is -0.904. The van der Waals surface area contributed by atoms with Gasteiger partial charge in [0.05, 0.1) is 0 Å². The van der Waals surface area contributed by atoms with Crippen molar-refractivity contribution in [1.82, 2.24) is 0 Å². The van der Waals surface area contributed by atoms with Gasteiger partial charge in [-0.25, -0.2) is 4.79 Å². The zero-order chi connectivity index (χ0) is 9.11. The fraction of sp³-hybridized carbons (Fsp3) is 0.750. The van der Waals surface area contributed by atoms with Crippen LogP contribution in [0.4, 0.5) is 0 Å². The molecule has 0 heterocycles. The fourth-order valence-electron chi connectivity index (χ4n) is 0.304. The van der Waals surface area contributed by atoms with Crippen LogP contribution in [0.5, 0.6) is 0 Å². The predicted octanol–water partition coefficient (Wildman–Crippen LogP) is -1.27. The smallest absolute Gasteiger partial charge is 0.480 e. The van der Waals surface area contributed by atoms with E-state index < -0.39 is 5.97 Å². The van der Waals surface area contributed by atoms with Crippen molar-refractivity contribution in [1.29, 1.82) is 0 Å². The summed E-state index contributed by atoms with van der Waals surface area (Å²) >= 11 is 0. The van der Waals surface area contributed by atoms with E-state index in [1.54, 1.807) is 0 Å². The van der Waals surface area contributed by atoms with Gasteiger partial charge in [0.1, 0.15) is 6.61 Å². The van der Waals surface area contributed by atoms with Gasteiger partial charge in [-0.15, -0.1) is 0 Å². The van der Waals surface area contributed by atoms with Crippen LogP contribution < -0.4 is 18.9 Å². The molecule has 0 aliphatic rings. The number of ether oxygens (including phenoxy) is 1. The van der Waals surface area contributed by atoms with Crippen LogP contribution in [0.15, 0.2) is 0 Å². The first-order valence-corrected chi connectivity index (χ1v) is 3.77. The Morgan fingerprint density at radius 2 is 1.92 bits per heavy atom. The van der Waals surface area contributed by atoms with Gasteiger partial charge in [-0.05, 0) is 6.42 Å². The van der Waals surface area contributed by atoms with Crippen molar-refractivity contribution in [2.24, 2.45) is 0 Å². The molecule has 0 amide bonds. The molecule has 0 aromatic rings. The molecule has 0 aliphatic heterocycles. The number of aliphatic carboxylic acids is 1. The maximum atomic E-state index is 9.75. The van der Waals surface area contributed by atoms with Gasteiger partial charge in [-0.2, -0.15) is 6.42 Å². The number of hydrogen-bond acceptors (Lipinski definition) is 2. The molecule has 3 nitrogen and oxygen atoms in total. The van der Waals surface area contributed by atoms with E-state index in [0.29, 0.717) is 6.61 Å². The molecule has 0 unspecified atom stereocenters. The van der Waals surface area contributed by atoms with E-state index in [9.17, 15) is 4.79 Å². The Kier molecular flexibility index (Phi) is 25.7. The Labute approximate surface area is 86.7 Å². The Hall–Kier alpha value is 0.0274. The topological polar surface area (TPSA) is 46.5 Å². The summed E-state index contributed by atoms with van der Waals surface area (Å²) in [6.45, 7) is 7.79. The summed E-state index contributed by atoms with van der Waals surface area (Å²) in [4.78, 5) is 9.75. The Morgan fingerprint density at radius 1 is 1.50 bits per heavy atom. The molecular weight excluding hydrogens is 151 g/mol. The minimum absolute atomic E-state index is 0. The molecule has 0 rings (SSSR count). The maximum absolute atomic E-state index is 9.75. The summed E-state index contributed by atoms with van der Waals surface area (Å²) in [6, 6.07) is 0. The zero-order valence-electron chi connectivity index (χ0n) is 8.30. The SMILES string of the molecule is CCCOCC(=O)O.[CH2-]CC.[Li+]. The molecule has 0 aliphatic carbocycles. The minimum atomic E-state index is -0.904. The molecular formula is C8H17LiO3. The van der Waals surface area contributed by atoms with Crippen LogP contribution in [0.2, 0.25) is 0 Å². The standard InChI is InChI=1S/C5H10O3.C3H7.Li/c1-2-3-8-4-5(6)7;1-3-2;/h2-4H2,1H3,(H,6,7);1,3H2,2H3;/q;-1;+1. The summed E-state index contributed by atoms with van der Waals surface area (Å²) < 4.78 is 4.64. The van der Waals surface area contributed by atoms with Crippen molar-refractivity contribution < 1.29 is 33.5 Å². The molecule has 0 saturated heterocycles. The fourth-order valence-corrected chi connectivity index (χ4v) is 0.304. The maximum Gasteiger partial charge on any atom is 1.00 e. The molecule has 0 radical (unpaired) electrons. The van der Waals surface area contributed by atoms with Gasteiger partial charge in [0.15, 0.2) is 0 Å². The van der Waals surface area contributed by atoms with Gasteiger partial charge in [0.2, 0.25) is 0 Å². The zero-order valence-corrected chi connectivity index (χ0v) is 8.30. The molecule has 0 saturated carbocycles. The molecule has 68 valence electrons. The van der Waals surface area contributed by atoms with Crippen LogP contribution in [0.1, 0.15) is 26.7 Å².